The van der Waals surface area contributed by atoms with Crippen molar-refractivity contribution in [3.63, 3.8) is 0 Å². The zero-order valence-electron chi connectivity index (χ0n) is 13.9. The van der Waals surface area contributed by atoms with Gasteiger partial charge in [-0.25, -0.2) is 0 Å². The minimum Gasteiger partial charge on any atom is -0.375 e. The molecule has 4 nitrogen and oxygen atoms in total. The van der Waals surface area contributed by atoms with Crippen LogP contribution in [0.1, 0.15) is 66.2 Å². The van der Waals surface area contributed by atoms with Crippen LogP contribution >= 0.6 is 0 Å². The third-order valence-corrected chi connectivity index (χ3v) is 5.74. The van der Waals surface area contributed by atoms with Gasteiger partial charge in [0, 0.05) is 26.0 Å². The molecule has 0 aromatic carbocycles. The topological polar surface area (TPSA) is 46.6 Å². The van der Waals surface area contributed by atoms with E-state index in [1.165, 1.54) is 4.90 Å². The maximum atomic E-state index is 11.8. The molecular weight excluding hydrogens is 266 g/mol. The highest BCUT2D eigenvalue weighted by Crippen LogP contribution is 2.48. The summed E-state index contributed by atoms with van der Waals surface area (Å²) in [5.74, 6) is 0.536. The number of ether oxygens (including phenoxy) is 1. The molecule has 2 aliphatic rings. The molecule has 0 unspecified atom stereocenters. The lowest BCUT2D eigenvalue weighted by molar-refractivity contribution is -0.144. The predicted molar refractivity (Wildman–Crippen MR) is 81.7 cm³/mol. The quantitative estimate of drug-likeness (QED) is 0.732. The number of rotatable bonds is 5. The Morgan fingerprint density at radius 3 is 2.38 bits per heavy atom. The fourth-order valence-corrected chi connectivity index (χ4v) is 3.81. The minimum atomic E-state index is -0.0679. The summed E-state index contributed by atoms with van der Waals surface area (Å²) in [4.78, 5) is 25.1. The van der Waals surface area contributed by atoms with Gasteiger partial charge in [-0.3, -0.25) is 14.5 Å². The van der Waals surface area contributed by atoms with Crippen molar-refractivity contribution >= 4 is 11.8 Å². The van der Waals surface area contributed by atoms with Gasteiger partial charge in [-0.05, 0) is 43.9 Å². The maximum absolute atomic E-state index is 11.8. The zero-order valence-corrected chi connectivity index (χ0v) is 13.9. The molecule has 21 heavy (non-hydrogen) atoms. The van der Waals surface area contributed by atoms with Crippen molar-refractivity contribution < 1.29 is 14.3 Å². The molecule has 120 valence electrons. The van der Waals surface area contributed by atoms with E-state index in [-0.39, 0.29) is 22.8 Å². The van der Waals surface area contributed by atoms with Crippen molar-refractivity contribution in [2.24, 2.45) is 11.3 Å². The van der Waals surface area contributed by atoms with Gasteiger partial charge in [0.1, 0.15) is 0 Å². The molecule has 2 atom stereocenters. The van der Waals surface area contributed by atoms with Gasteiger partial charge in [0.15, 0.2) is 0 Å². The van der Waals surface area contributed by atoms with Crippen molar-refractivity contribution in [3.8, 4) is 0 Å². The molecule has 4 heteroatoms. The van der Waals surface area contributed by atoms with Crippen LogP contribution in [0.3, 0.4) is 0 Å². The molecule has 0 aromatic heterocycles. The lowest BCUT2D eigenvalue weighted by atomic mass is 9.64. The molecule has 0 aliphatic carbocycles. The van der Waals surface area contributed by atoms with Crippen molar-refractivity contribution in [3.05, 3.63) is 0 Å². The van der Waals surface area contributed by atoms with Crippen LogP contribution in [0.25, 0.3) is 0 Å². The molecule has 0 aromatic rings. The Labute approximate surface area is 128 Å². The standard InChI is InChI=1S/C17H29NO3/c1-5-16(4)12-17(13(2)3,9-11-21-16)8-10-18-14(19)6-7-15(18)20/h13H,5-12H2,1-4H3/t16-,17-/m0/s1. The highest BCUT2D eigenvalue weighted by atomic mass is 16.5. The van der Waals surface area contributed by atoms with Gasteiger partial charge in [-0.2, -0.15) is 0 Å². The molecule has 2 heterocycles. The Hall–Kier alpha value is -0.900. The van der Waals surface area contributed by atoms with E-state index in [0.29, 0.717) is 25.3 Å². The van der Waals surface area contributed by atoms with Crippen LogP contribution in [0.4, 0.5) is 0 Å². The van der Waals surface area contributed by atoms with Gasteiger partial charge in [0.2, 0.25) is 11.8 Å². The molecule has 0 spiro atoms. The SMILES string of the molecule is CC[C@@]1(C)C[C@@](CCN2C(=O)CCC2=O)(C(C)C)CCO1. The predicted octanol–water partition coefficient (Wildman–Crippen LogP) is 3.15. The first-order valence-corrected chi connectivity index (χ1v) is 8.29. The van der Waals surface area contributed by atoms with Crippen LogP contribution in [0.5, 0.6) is 0 Å². The summed E-state index contributed by atoms with van der Waals surface area (Å²) in [6.45, 7) is 10.2. The van der Waals surface area contributed by atoms with E-state index in [9.17, 15) is 9.59 Å². The summed E-state index contributed by atoms with van der Waals surface area (Å²) in [6, 6.07) is 0. The largest absolute Gasteiger partial charge is 0.375 e. The van der Waals surface area contributed by atoms with Crippen molar-refractivity contribution in [2.45, 2.75) is 71.8 Å². The molecule has 0 N–H and O–H groups in total. The molecule has 2 rings (SSSR count). The molecule has 0 saturated carbocycles. The van der Waals surface area contributed by atoms with Gasteiger partial charge in [-0.1, -0.05) is 20.8 Å². The monoisotopic (exact) mass is 295 g/mol. The number of amides is 2. The number of carbonyl (C=O) groups excluding carboxylic acids is 2. The van der Waals surface area contributed by atoms with E-state index in [2.05, 4.69) is 27.7 Å². The summed E-state index contributed by atoms with van der Waals surface area (Å²) >= 11 is 0. The van der Waals surface area contributed by atoms with Crippen LogP contribution < -0.4 is 0 Å². The fourth-order valence-electron chi connectivity index (χ4n) is 3.81. The van der Waals surface area contributed by atoms with E-state index < -0.39 is 0 Å². The van der Waals surface area contributed by atoms with Crippen molar-refractivity contribution in [1.29, 1.82) is 0 Å². The van der Waals surface area contributed by atoms with Gasteiger partial charge in [0.05, 0.1) is 5.60 Å². The second kappa shape index (κ2) is 6.07. The van der Waals surface area contributed by atoms with Crippen LogP contribution in [0, 0.1) is 11.3 Å². The molecule has 2 amide bonds. The second-order valence-corrected chi connectivity index (χ2v) is 7.28. The number of hydrogen-bond acceptors (Lipinski definition) is 3. The van der Waals surface area contributed by atoms with Crippen LogP contribution in [0.2, 0.25) is 0 Å². The third-order valence-electron chi connectivity index (χ3n) is 5.74. The van der Waals surface area contributed by atoms with Gasteiger partial charge < -0.3 is 4.74 Å². The Bertz CT molecular complexity index is 404. The average molecular weight is 295 g/mol. The second-order valence-electron chi connectivity index (χ2n) is 7.28. The van der Waals surface area contributed by atoms with Crippen LogP contribution in [0.15, 0.2) is 0 Å². The van der Waals surface area contributed by atoms with E-state index in [1.807, 2.05) is 0 Å². The number of hydrogen-bond donors (Lipinski definition) is 0. The van der Waals surface area contributed by atoms with Crippen molar-refractivity contribution in [1.82, 2.24) is 4.90 Å². The number of likely N-dealkylation sites (tertiary alicyclic amines) is 1. The van der Waals surface area contributed by atoms with Crippen LogP contribution in [-0.2, 0) is 14.3 Å². The Kier molecular flexibility index (Phi) is 4.76. The summed E-state index contributed by atoms with van der Waals surface area (Å²) in [6.07, 6.45) is 4.73. The summed E-state index contributed by atoms with van der Waals surface area (Å²) < 4.78 is 5.99. The fraction of sp³-hybridized carbons (Fsp3) is 0.882. The molecule has 2 aliphatic heterocycles. The summed E-state index contributed by atoms with van der Waals surface area (Å²) in [5.41, 5.74) is 0.105. The molecule has 0 radical (unpaired) electrons. The van der Waals surface area contributed by atoms with E-state index in [1.54, 1.807) is 0 Å². The Morgan fingerprint density at radius 1 is 1.24 bits per heavy atom. The summed E-state index contributed by atoms with van der Waals surface area (Å²) in [5, 5.41) is 0. The van der Waals surface area contributed by atoms with Crippen molar-refractivity contribution in [2.75, 3.05) is 13.2 Å². The first kappa shape index (κ1) is 16.5. The molecular formula is C17H29NO3. The van der Waals surface area contributed by atoms with E-state index >= 15 is 0 Å². The van der Waals surface area contributed by atoms with Gasteiger partial charge in [-0.15, -0.1) is 0 Å². The highest BCUT2D eigenvalue weighted by Gasteiger charge is 2.44. The molecule has 2 saturated heterocycles. The average Bonchev–Trinajstić information content (AvgIpc) is 2.76. The summed E-state index contributed by atoms with van der Waals surface area (Å²) in [7, 11) is 0. The van der Waals surface area contributed by atoms with Crippen LogP contribution in [-0.4, -0.2) is 35.5 Å². The lowest BCUT2D eigenvalue weighted by Crippen LogP contribution is -2.47. The van der Waals surface area contributed by atoms with Gasteiger partial charge >= 0.3 is 0 Å². The lowest BCUT2D eigenvalue weighted by Gasteiger charge is -2.49. The van der Waals surface area contributed by atoms with E-state index in [0.717, 1.165) is 32.3 Å². The molecule has 0 bridgehead atoms. The highest BCUT2D eigenvalue weighted by molar-refractivity contribution is 6.01. The Balaban J connectivity index is 2.08. The number of carbonyl (C=O) groups is 2. The normalized spacial score (nSPS) is 34.0. The smallest absolute Gasteiger partial charge is 0.229 e. The first-order chi connectivity index (χ1) is 9.82. The first-order valence-electron chi connectivity index (χ1n) is 8.29. The zero-order chi connectivity index (χ0) is 15.7. The maximum Gasteiger partial charge on any atom is 0.229 e. The number of nitrogens with zero attached hydrogens (tertiary/aromatic N) is 1. The minimum absolute atomic E-state index is 0.00391. The van der Waals surface area contributed by atoms with Gasteiger partial charge in [0.25, 0.3) is 0 Å². The number of imide groups is 1. The molecule has 2 fully saturated rings. The van der Waals surface area contributed by atoms with E-state index in [4.69, 9.17) is 4.74 Å². The third kappa shape index (κ3) is 3.31. The Morgan fingerprint density at radius 2 is 1.86 bits per heavy atom.